The summed E-state index contributed by atoms with van der Waals surface area (Å²) in [5, 5.41) is 2.31. The fraction of sp³-hybridized carbons (Fsp3) is 0.172. The summed E-state index contributed by atoms with van der Waals surface area (Å²) in [5.41, 5.74) is 3.37. The second-order valence-corrected chi connectivity index (χ2v) is 9.33. The number of aryl methyl sites for hydroxylation is 1. The second-order valence-electron chi connectivity index (χ2n) is 8.14. The Kier molecular flexibility index (Phi) is 6.83. The number of hydrogen-bond donors (Lipinski definition) is 0. The number of methoxy groups -OCH3 is 4. The van der Waals surface area contributed by atoms with Gasteiger partial charge in [0.05, 0.1) is 39.5 Å². The van der Waals surface area contributed by atoms with E-state index in [9.17, 15) is 0 Å². The second kappa shape index (κ2) is 10.4. The number of fused-ring (bicyclic) bond motifs is 1. The summed E-state index contributed by atoms with van der Waals surface area (Å²) in [5.74, 6) is 3.26. The molecule has 5 aromatic rings. The van der Waals surface area contributed by atoms with Crippen LogP contribution in [0.15, 0.2) is 76.1 Å². The van der Waals surface area contributed by atoms with Crippen molar-refractivity contribution in [1.29, 1.82) is 0 Å². The number of benzene rings is 3. The molecular formula is C29H26N2O5S. The lowest BCUT2D eigenvalue weighted by Crippen LogP contribution is -2.03. The van der Waals surface area contributed by atoms with Gasteiger partial charge in [-0.1, -0.05) is 23.5 Å². The summed E-state index contributed by atoms with van der Waals surface area (Å²) >= 11 is 1.53. The molecule has 188 valence electrons. The quantitative estimate of drug-likeness (QED) is 0.238. The van der Waals surface area contributed by atoms with E-state index in [-0.39, 0.29) is 0 Å². The fourth-order valence-corrected chi connectivity index (χ4v) is 4.94. The minimum absolute atomic E-state index is 0.622. The number of ether oxygens (including phenoxy) is 4. The van der Waals surface area contributed by atoms with Crippen LogP contribution in [0.25, 0.3) is 33.6 Å². The van der Waals surface area contributed by atoms with Crippen LogP contribution in [0.5, 0.6) is 23.0 Å². The molecule has 5 rings (SSSR count). The summed E-state index contributed by atoms with van der Waals surface area (Å²) in [4.78, 5) is 10.9. The molecule has 8 heteroatoms. The Bertz CT molecular complexity index is 1650. The van der Waals surface area contributed by atoms with Gasteiger partial charge in [-0.2, -0.15) is 0 Å². The Labute approximate surface area is 218 Å². The summed E-state index contributed by atoms with van der Waals surface area (Å²) in [7, 11) is 6.47. The number of rotatable bonds is 7. The highest BCUT2D eigenvalue weighted by atomic mass is 32.1. The molecule has 0 bridgehead atoms. The minimum Gasteiger partial charge on any atom is -0.493 e. The maximum absolute atomic E-state index is 6.25. The molecule has 0 saturated heterocycles. The molecule has 7 nitrogen and oxygen atoms in total. The van der Waals surface area contributed by atoms with Gasteiger partial charge in [-0.15, -0.1) is 0 Å². The molecule has 0 aliphatic carbocycles. The maximum atomic E-state index is 6.25. The van der Waals surface area contributed by atoms with E-state index in [1.165, 1.54) is 11.3 Å². The first kappa shape index (κ1) is 24.4. The minimum atomic E-state index is 0.622. The van der Waals surface area contributed by atoms with Crippen molar-refractivity contribution in [1.82, 2.24) is 4.98 Å². The molecule has 0 N–H and O–H groups in total. The zero-order valence-corrected chi connectivity index (χ0v) is 22.0. The van der Waals surface area contributed by atoms with Crippen molar-refractivity contribution in [3.05, 3.63) is 77.0 Å². The van der Waals surface area contributed by atoms with Crippen LogP contribution in [0.2, 0.25) is 0 Å². The van der Waals surface area contributed by atoms with Gasteiger partial charge in [0.15, 0.2) is 23.0 Å². The van der Waals surface area contributed by atoms with E-state index in [2.05, 4.69) is 0 Å². The van der Waals surface area contributed by atoms with Crippen LogP contribution in [-0.2, 0) is 0 Å². The molecule has 0 radical (unpaired) electrons. The van der Waals surface area contributed by atoms with E-state index < -0.39 is 0 Å². The third-order valence-corrected chi connectivity index (χ3v) is 6.84. The largest absolute Gasteiger partial charge is 0.493 e. The number of nitrogens with zero attached hydrogens (tertiary/aromatic N) is 2. The van der Waals surface area contributed by atoms with E-state index in [1.807, 2.05) is 73.7 Å². The smallest absolute Gasteiger partial charge is 0.210 e. The van der Waals surface area contributed by atoms with E-state index in [0.29, 0.717) is 33.9 Å². The highest BCUT2D eigenvalue weighted by Crippen LogP contribution is 2.37. The van der Waals surface area contributed by atoms with Crippen LogP contribution in [0.4, 0.5) is 5.13 Å². The number of hydrogen-bond acceptors (Lipinski definition) is 8. The first-order chi connectivity index (χ1) is 18.0. The zero-order valence-electron chi connectivity index (χ0n) is 21.2. The predicted octanol–water partition coefficient (Wildman–Crippen LogP) is 6.80. The molecule has 0 saturated carbocycles. The SMILES string of the molecule is COc1ccc(-c2cc(=Nc3nc(-c4ccc(OC)c(OC)c4)c(C)s3)c3ccccc3o2)cc1OC. The number of aromatic nitrogens is 1. The lowest BCUT2D eigenvalue weighted by atomic mass is 10.1. The normalized spacial score (nSPS) is 11.5. The molecule has 0 spiro atoms. The Morgan fingerprint density at radius 1 is 0.730 bits per heavy atom. The zero-order chi connectivity index (χ0) is 25.9. The number of para-hydroxylation sites is 1. The Morgan fingerprint density at radius 3 is 2.03 bits per heavy atom. The Morgan fingerprint density at radius 2 is 1.35 bits per heavy atom. The molecule has 37 heavy (non-hydrogen) atoms. The van der Waals surface area contributed by atoms with Gasteiger partial charge in [-0.05, 0) is 55.5 Å². The van der Waals surface area contributed by atoms with Crippen molar-refractivity contribution >= 4 is 27.4 Å². The molecule has 2 heterocycles. The monoisotopic (exact) mass is 514 g/mol. The average molecular weight is 515 g/mol. The maximum Gasteiger partial charge on any atom is 0.210 e. The van der Waals surface area contributed by atoms with Crippen LogP contribution < -0.4 is 24.3 Å². The van der Waals surface area contributed by atoms with Gasteiger partial charge >= 0.3 is 0 Å². The summed E-state index contributed by atoms with van der Waals surface area (Å²) < 4.78 is 28.0. The van der Waals surface area contributed by atoms with Gasteiger partial charge in [0.25, 0.3) is 0 Å². The highest BCUT2D eigenvalue weighted by Gasteiger charge is 2.14. The van der Waals surface area contributed by atoms with Crippen molar-refractivity contribution in [2.24, 2.45) is 4.99 Å². The molecule has 0 amide bonds. The van der Waals surface area contributed by atoms with Gasteiger partial charge in [0.2, 0.25) is 5.13 Å². The van der Waals surface area contributed by atoms with E-state index >= 15 is 0 Å². The summed E-state index contributed by atoms with van der Waals surface area (Å²) in [6.45, 7) is 2.04. The lowest BCUT2D eigenvalue weighted by Gasteiger charge is -2.10. The Balaban J connectivity index is 1.63. The lowest BCUT2D eigenvalue weighted by molar-refractivity contribution is 0.355. The molecule has 2 aromatic heterocycles. The van der Waals surface area contributed by atoms with E-state index in [4.69, 9.17) is 33.3 Å². The summed E-state index contributed by atoms with van der Waals surface area (Å²) in [6, 6.07) is 21.2. The Hall–Kier alpha value is -4.30. The van der Waals surface area contributed by atoms with Crippen molar-refractivity contribution in [3.63, 3.8) is 0 Å². The molecule has 0 fully saturated rings. The highest BCUT2D eigenvalue weighted by molar-refractivity contribution is 7.15. The molecular weight excluding hydrogens is 488 g/mol. The van der Waals surface area contributed by atoms with Crippen molar-refractivity contribution < 1.29 is 23.4 Å². The standard InChI is InChI=1S/C29H26N2O5S/c1-17-28(19-11-13-24(33-3)27(15-19)35-5)31-29(37-17)30-21-16-25(36-22-9-7-6-8-20(21)22)18-10-12-23(32-2)26(14-18)34-4/h6-16H,1-5H3. The topological polar surface area (TPSA) is 75.3 Å². The average Bonchev–Trinajstić information content (AvgIpc) is 3.31. The van der Waals surface area contributed by atoms with E-state index in [0.717, 1.165) is 38.0 Å². The number of thiazole rings is 1. The van der Waals surface area contributed by atoms with Crippen LogP contribution in [0, 0.1) is 6.92 Å². The van der Waals surface area contributed by atoms with Gasteiger partial charge < -0.3 is 23.4 Å². The summed E-state index contributed by atoms with van der Waals surface area (Å²) in [6.07, 6.45) is 0. The van der Waals surface area contributed by atoms with Gasteiger partial charge in [-0.3, -0.25) is 0 Å². The molecule has 0 aliphatic rings. The first-order valence-corrected chi connectivity index (χ1v) is 12.4. The van der Waals surface area contributed by atoms with Crippen LogP contribution in [-0.4, -0.2) is 33.4 Å². The van der Waals surface area contributed by atoms with Gasteiger partial charge in [0.1, 0.15) is 11.3 Å². The fourth-order valence-electron chi connectivity index (χ4n) is 4.13. The van der Waals surface area contributed by atoms with Crippen LogP contribution >= 0.6 is 11.3 Å². The van der Waals surface area contributed by atoms with Crippen molar-refractivity contribution in [3.8, 4) is 45.6 Å². The predicted molar refractivity (Wildman–Crippen MR) is 145 cm³/mol. The van der Waals surface area contributed by atoms with Crippen LogP contribution in [0.1, 0.15) is 4.88 Å². The van der Waals surface area contributed by atoms with Crippen LogP contribution in [0.3, 0.4) is 0 Å². The first-order valence-electron chi connectivity index (χ1n) is 11.5. The molecule has 0 atom stereocenters. The third kappa shape index (κ3) is 4.75. The molecule has 0 unspecified atom stereocenters. The van der Waals surface area contributed by atoms with E-state index in [1.54, 1.807) is 28.4 Å². The third-order valence-electron chi connectivity index (χ3n) is 5.98. The molecule has 3 aromatic carbocycles. The van der Waals surface area contributed by atoms with Gasteiger partial charge in [0, 0.05) is 27.5 Å². The molecule has 0 aliphatic heterocycles. The van der Waals surface area contributed by atoms with Crippen molar-refractivity contribution in [2.45, 2.75) is 6.92 Å². The van der Waals surface area contributed by atoms with Gasteiger partial charge in [-0.25, -0.2) is 9.98 Å². The van der Waals surface area contributed by atoms with Crippen molar-refractivity contribution in [2.75, 3.05) is 28.4 Å².